The first kappa shape index (κ1) is 14.0. The average molecular weight is 284 g/mol. The van der Waals surface area contributed by atoms with E-state index in [1.54, 1.807) is 7.11 Å². The highest BCUT2D eigenvalue weighted by Crippen LogP contribution is 2.40. The lowest BCUT2D eigenvalue weighted by molar-refractivity contribution is 0.219. The highest BCUT2D eigenvalue weighted by Gasteiger charge is 2.32. The van der Waals surface area contributed by atoms with Crippen molar-refractivity contribution in [2.75, 3.05) is 13.7 Å². The third-order valence-electron chi connectivity index (χ3n) is 4.05. The Morgan fingerprint density at radius 1 is 1.14 bits per heavy atom. The van der Waals surface area contributed by atoms with E-state index in [0.29, 0.717) is 6.61 Å². The zero-order chi connectivity index (χ0) is 15.0. The first-order valence-corrected chi connectivity index (χ1v) is 7.10. The van der Waals surface area contributed by atoms with Crippen LogP contribution in [0.3, 0.4) is 0 Å². The highest BCUT2D eigenvalue weighted by molar-refractivity contribution is 5.47. The molecule has 0 aromatic heterocycles. The predicted octanol–water partition coefficient (Wildman–Crippen LogP) is 3.45. The molecule has 1 N–H and O–H groups in total. The van der Waals surface area contributed by atoms with E-state index >= 15 is 0 Å². The zero-order valence-electron chi connectivity index (χ0n) is 12.6. The number of benzene rings is 2. The minimum Gasteiger partial charge on any atom is -0.497 e. The van der Waals surface area contributed by atoms with Crippen LogP contribution in [0.5, 0.6) is 11.5 Å². The molecule has 0 saturated heterocycles. The van der Waals surface area contributed by atoms with Gasteiger partial charge in [-0.05, 0) is 35.4 Å². The van der Waals surface area contributed by atoms with E-state index in [2.05, 4.69) is 13.8 Å². The van der Waals surface area contributed by atoms with Crippen molar-refractivity contribution in [2.45, 2.75) is 25.4 Å². The van der Waals surface area contributed by atoms with Crippen LogP contribution in [0.2, 0.25) is 0 Å². The van der Waals surface area contributed by atoms with Crippen molar-refractivity contribution in [3.05, 3.63) is 59.2 Å². The Balaban J connectivity index is 1.97. The summed E-state index contributed by atoms with van der Waals surface area (Å²) < 4.78 is 10.9. The molecule has 110 valence electrons. The van der Waals surface area contributed by atoms with Gasteiger partial charge in [0.15, 0.2) is 0 Å². The van der Waals surface area contributed by atoms with Gasteiger partial charge in [-0.3, -0.25) is 0 Å². The SMILES string of the molecule is COc1cccc(C(O)c2ccc3c(c2)C(C)(C)CO3)c1. The quantitative estimate of drug-likeness (QED) is 0.938. The second-order valence-electron chi connectivity index (χ2n) is 6.11. The number of ether oxygens (including phenoxy) is 2. The maximum Gasteiger partial charge on any atom is 0.123 e. The average Bonchev–Trinajstić information content (AvgIpc) is 2.81. The van der Waals surface area contributed by atoms with Crippen LogP contribution in [-0.2, 0) is 5.41 Å². The normalized spacial score (nSPS) is 17.0. The van der Waals surface area contributed by atoms with E-state index in [0.717, 1.165) is 28.2 Å². The summed E-state index contributed by atoms with van der Waals surface area (Å²) in [4.78, 5) is 0. The fraction of sp³-hybridized carbons (Fsp3) is 0.333. The van der Waals surface area contributed by atoms with Gasteiger partial charge in [-0.25, -0.2) is 0 Å². The van der Waals surface area contributed by atoms with Crippen LogP contribution < -0.4 is 9.47 Å². The minimum absolute atomic E-state index is 0.0144. The largest absolute Gasteiger partial charge is 0.497 e. The molecule has 3 rings (SSSR count). The lowest BCUT2D eigenvalue weighted by Crippen LogP contribution is -2.18. The van der Waals surface area contributed by atoms with Crippen molar-refractivity contribution in [3.8, 4) is 11.5 Å². The van der Waals surface area contributed by atoms with Crippen molar-refractivity contribution in [2.24, 2.45) is 0 Å². The van der Waals surface area contributed by atoms with Gasteiger partial charge >= 0.3 is 0 Å². The molecule has 1 unspecified atom stereocenters. The number of aliphatic hydroxyl groups is 1. The van der Waals surface area contributed by atoms with Gasteiger partial charge < -0.3 is 14.6 Å². The molecular weight excluding hydrogens is 264 g/mol. The number of hydrogen-bond donors (Lipinski definition) is 1. The second kappa shape index (κ2) is 5.08. The summed E-state index contributed by atoms with van der Waals surface area (Å²) in [6.45, 7) is 4.99. The van der Waals surface area contributed by atoms with E-state index in [4.69, 9.17) is 9.47 Å². The van der Waals surface area contributed by atoms with Crippen molar-refractivity contribution in [1.82, 2.24) is 0 Å². The number of rotatable bonds is 3. The van der Waals surface area contributed by atoms with Gasteiger partial charge in [0, 0.05) is 11.0 Å². The highest BCUT2D eigenvalue weighted by atomic mass is 16.5. The first-order chi connectivity index (χ1) is 10.0. The van der Waals surface area contributed by atoms with E-state index in [-0.39, 0.29) is 5.41 Å². The van der Waals surface area contributed by atoms with Crippen LogP contribution in [0.4, 0.5) is 0 Å². The summed E-state index contributed by atoms with van der Waals surface area (Å²) in [6, 6.07) is 13.4. The molecule has 2 aromatic rings. The van der Waals surface area contributed by atoms with E-state index in [9.17, 15) is 5.11 Å². The maximum absolute atomic E-state index is 10.6. The molecular formula is C18H20O3. The third kappa shape index (κ3) is 2.49. The van der Waals surface area contributed by atoms with Crippen LogP contribution in [-0.4, -0.2) is 18.8 Å². The van der Waals surface area contributed by atoms with E-state index < -0.39 is 6.10 Å². The van der Waals surface area contributed by atoms with Crippen LogP contribution in [0.1, 0.15) is 36.6 Å². The monoisotopic (exact) mass is 284 g/mol. The zero-order valence-corrected chi connectivity index (χ0v) is 12.6. The third-order valence-corrected chi connectivity index (χ3v) is 4.05. The Bertz CT molecular complexity index is 661. The smallest absolute Gasteiger partial charge is 0.123 e. The van der Waals surface area contributed by atoms with Gasteiger partial charge in [0.1, 0.15) is 17.6 Å². The van der Waals surface area contributed by atoms with Crippen LogP contribution in [0.15, 0.2) is 42.5 Å². The standard InChI is InChI=1S/C18H20O3/c1-18(2)11-21-16-8-7-13(10-15(16)18)17(19)12-5-4-6-14(9-12)20-3/h4-10,17,19H,11H2,1-3H3. The number of aliphatic hydroxyl groups excluding tert-OH is 1. The van der Waals surface area contributed by atoms with Gasteiger partial charge in [-0.15, -0.1) is 0 Å². The van der Waals surface area contributed by atoms with Crippen LogP contribution in [0, 0.1) is 0 Å². The molecule has 2 aromatic carbocycles. The topological polar surface area (TPSA) is 38.7 Å². The summed E-state index contributed by atoms with van der Waals surface area (Å²) in [5, 5.41) is 10.6. The number of methoxy groups -OCH3 is 1. The molecule has 0 bridgehead atoms. The van der Waals surface area contributed by atoms with E-state index in [1.165, 1.54) is 0 Å². The maximum atomic E-state index is 10.6. The van der Waals surface area contributed by atoms with Crippen LogP contribution >= 0.6 is 0 Å². The van der Waals surface area contributed by atoms with Crippen LogP contribution in [0.25, 0.3) is 0 Å². The second-order valence-corrected chi connectivity index (χ2v) is 6.11. The molecule has 3 heteroatoms. The number of hydrogen-bond acceptors (Lipinski definition) is 3. The molecule has 21 heavy (non-hydrogen) atoms. The van der Waals surface area contributed by atoms with Gasteiger partial charge in [0.2, 0.25) is 0 Å². The molecule has 0 amide bonds. The molecule has 1 aliphatic heterocycles. The van der Waals surface area contributed by atoms with Crippen molar-refractivity contribution < 1.29 is 14.6 Å². The van der Waals surface area contributed by atoms with Gasteiger partial charge in [-0.1, -0.05) is 32.0 Å². The lowest BCUT2D eigenvalue weighted by atomic mass is 9.85. The van der Waals surface area contributed by atoms with E-state index in [1.807, 2.05) is 42.5 Å². The van der Waals surface area contributed by atoms with Crippen molar-refractivity contribution in [1.29, 1.82) is 0 Å². The fourth-order valence-corrected chi connectivity index (χ4v) is 2.71. The summed E-state index contributed by atoms with van der Waals surface area (Å²) in [5.74, 6) is 1.66. The van der Waals surface area contributed by atoms with Gasteiger partial charge in [0.25, 0.3) is 0 Å². The molecule has 0 fully saturated rings. The first-order valence-electron chi connectivity index (χ1n) is 7.10. The summed E-state index contributed by atoms with van der Waals surface area (Å²) in [7, 11) is 1.63. The Labute approximate surface area is 125 Å². The molecule has 0 radical (unpaired) electrons. The Hall–Kier alpha value is -2.00. The van der Waals surface area contributed by atoms with Crippen molar-refractivity contribution >= 4 is 0 Å². The van der Waals surface area contributed by atoms with Gasteiger partial charge in [-0.2, -0.15) is 0 Å². The summed E-state index contributed by atoms with van der Waals surface area (Å²) >= 11 is 0. The molecule has 0 saturated carbocycles. The van der Waals surface area contributed by atoms with Crippen molar-refractivity contribution in [3.63, 3.8) is 0 Å². The fourth-order valence-electron chi connectivity index (χ4n) is 2.71. The Morgan fingerprint density at radius 3 is 2.67 bits per heavy atom. The summed E-state index contributed by atoms with van der Waals surface area (Å²) in [5.41, 5.74) is 2.84. The molecule has 1 atom stereocenters. The molecule has 3 nitrogen and oxygen atoms in total. The van der Waals surface area contributed by atoms with Gasteiger partial charge in [0.05, 0.1) is 13.7 Å². The Morgan fingerprint density at radius 2 is 1.90 bits per heavy atom. The molecule has 1 aliphatic rings. The predicted molar refractivity (Wildman–Crippen MR) is 82.0 cm³/mol. The molecule has 0 aliphatic carbocycles. The number of fused-ring (bicyclic) bond motifs is 1. The molecule has 0 spiro atoms. The Kier molecular flexibility index (Phi) is 3.38. The summed E-state index contributed by atoms with van der Waals surface area (Å²) in [6.07, 6.45) is -0.665. The lowest BCUT2D eigenvalue weighted by Gasteiger charge is -2.18. The molecule has 1 heterocycles. The minimum atomic E-state index is -0.665.